The van der Waals surface area contributed by atoms with Crippen LogP contribution in [0.15, 0.2) is 0 Å². The molecule has 0 radical (unpaired) electrons. The van der Waals surface area contributed by atoms with Crippen LogP contribution in [0.4, 0.5) is 0 Å². The van der Waals surface area contributed by atoms with Crippen LogP contribution >= 0.6 is 0 Å². The van der Waals surface area contributed by atoms with Crippen LogP contribution in [-0.4, -0.2) is 30.8 Å². The lowest BCUT2D eigenvalue weighted by Crippen LogP contribution is -2.45. The summed E-state index contributed by atoms with van der Waals surface area (Å²) in [6.07, 6.45) is 12.6. The molecule has 110 valence electrons. The lowest BCUT2D eigenvalue weighted by Gasteiger charge is -2.42. The van der Waals surface area contributed by atoms with Crippen molar-refractivity contribution in [2.75, 3.05) is 19.6 Å². The van der Waals surface area contributed by atoms with Gasteiger partial charge in [-0.1, -0.05) is 46.0 Å². The first kappa shape index (κ1) is 15.0. The molecular weight excluding hydrogens is 234 g/mol. The Kier molecular flexibility index (Phi) is 5.05. The molecule has 1 saturated carbocycles. The molecule has 2 nitrogen and oxygen atoms in total. The van der Waals surface area contributed by atoms with E-state index in [1.165, 1.54) is 64.3 Å². The molecule has 0 aromatic rings. The van der Waals surface area contributed by atoms with Crippen molar-refractivity contribution < 1.29 is 4.79 Å². The maximum absolute atomic E-state index is 11.7. The lowest BCUT2D eigenvalue weighted by atomic mass is 9.76. The third-order valence-electron chi connectivity index (χ3n) is 5.80. The molecular formula is C17H31NO. The quantitative estimate of drug-likeness (QED) is 0.565. The summed E-state index contributed by atoms with van der Waals surface area (Å²) >= 11 is 0. The number of piperidine rings is 1. The number of rotatable bonds is 4. The molecule has 1 saturated heterocycles. The average molecular weight is 265 g/mol. The third kappa shape index (κ3) is 3.81. The van der Waals surface area contributed by atoms with Crippen molar-refractivity contribution in [1.82, 2.24) is 4.90 Å². The van der Waals surface area contributed by atoms with Crippen molar-refractivity contribution >= 4 is 6.29 Å². The summed E-state index contributed by atoms with van der Waals surface area (Å²) in [5.74, 6) is 0. The van der Waals surface area contributed by atoms with Crippen LogP contribution in [0.1, 0.15) is 71.6 Å². The van der Waals surface area contributed by atoms with Crippen LogP contribution in [0.2, 0.25) is 0 Å². The first-order valence-electron chi connectivity index (χ1n) is 8.30. The van der Waals surface area contributed by atoms with E-state index < -0.39 is 0 Å². The van der Waals surface area contributed by atoms with Gasteiger partial charge in [-0.2, -0.15) is 0 Å². The molecule has 1 aliphatic carbocycles. The molecule has 0 spiro atoms. The zero-order valence-electron chi connectivity index (χ0n) is 12.9. The van der Waals surface area contributed by atoms with Gasteiger partial charge in [0.25, 0.3) is 0 Å². The topological polar surface area (TPSA) is 20.3 Å². The smallest absolute Gasteiger partial charge is 0.127 e. The molecule has 1 aliphatic heterocycles. The molecule has 2 heteroatoms. The van der Waals surface area contributed by atoms with E-state index >= 15 is 0 Å². The van der Waals surface area contributed by atoms with Crippen LogP contribution in [0.25, 0.3) is 0 Å². The van der Waals surface area contributed by atoms with Gasteiger partial charge in [-0.3, -0.25) is 0 Å². The van der Waals surface area contributed by atoms with Gasteiger partial charge in [-0.05, 0) is 44.2 Å². The fourth-order valence-electron chi connectivity index (χ4n) is 3.80. The maximum atomic E-state index is 11.7. The molecule has 0 aromatic carbocycles. The second-order valence-electron chi connectivity index (χ2n) is 7.33. The second-order valence-corrected chi connectivity index (χ2v) is 7.33. The van der Waals surface area contributed by atoms with Gasteiger partial charge < -0.3 is 9.69 Å². The minimum atomic E-state index is -0.0174. The number of aldehydes is 1. The highest BCUT2D eigenvalue weighted by Gasteiger charge is 2.35. The Balaban J connectivity index is 1.90. The zero-order chi connectivity index (χ0) is 13.8. The van der Waals surface area contributed by atoms with Gasteiger partial charge in [-0.25, -0.2) is 0 Å². The summed E-state index contributed by atoms with van der Waals surface area (Å²) in [4.78, 5) is 14.2. The molecule has 0 N–H and O–H groups in total. The first-order valence-corrected chi connectivity index (χ1v) is 8.30. The van der Waals surface area contributed by atoms with Crippen LogP contribution in [-0.2, 0) is 4.79 Å². The van der Waals surface area contributed by atoms with Gasteiger partial charge in [0, 0.05) is 12.0 Å². The van der Waals surface area contributed by atoms with Crippen LogP contribution in [0, 0.1) is 10.8 Å². The Morgan fingerprint density at radius 2 is 1.58 bits per heavy atom. The fraction of sp³-hybridized carbons (Fsp3) is 0.941. The van der Waals surface area contributed by atoms with E-state index in [9.17, 15) is 4.79 Å². The average Bonchev–Trinajstić information content (AvgIpc) is 2.68. The molecule has 19 heavy (non-hydrogen) atoms. The minimum absolute atomic E-state index is 0.0174. The molecule has 0 bridgehead atoms. The fourth-order valence-corrected chi connectivity index (χ4v) is 3.80. The summed E-state index contributed by atoms with van der Waals surface area (Å²) < 4.78 is 0. The molecule has 0 atom stereocenters. The molecule has 2 rings (SSSR count). The monoisotopic (exact) mass is 265 g/mol. The first-order chi connectivity index (χ1) is 9.11. The third-order valence-corrected chi connectivity index (χ3v) is 5.80. The summed E-state index contributed by atoms with van der Waals surface area (Å²) in [7, 11) is 0. The molecule has 0 unspecified atom stereocenters. The molecule has 0 aromatic heterocycles. The van der Waals surface area contributed by atoms with Crippen LogP contribution in [0.5, 0.6) is 0 Å². The van der Waals surface area contributed by atoms with E-state index in [1.54, 1.807) is 0 Å². The largest absolute Gasteiger partial charge is 0.303 e. The van der Waals surface area contributed by atoms with Crippen molar-refractivity contribution in [1.29, 1.82) is 0 Å². The van der Waals surface area contributed by atoms with E-state index in [-0.39, 0.29) is 5.41 Å². The Hall–Kier alpha value is -0.370. The molecule has 2 aliphatic rings. The summed E-state index contributed by atoms with van der Waals surface area (Å²) in [5, 5.41) is 0. The van der Waals surface area contributed by atoms with Crippen molar-refractivity contribution in [3.8, 4) is 0 Å². The number of carbonyl (C=O) groups is 1. The van der Waals surface area contributed by atoms with E-state index in [0.717, 1.165) is 19.4 Å². The summed E-state index contributed by atoms with van der Waals surface area (Å²) in [6, 6.07) is 0. The highest BCUT2D eigenvalue weighted by Crippen LogP contribution is 2.38. The van der Waals surface area contributed by atoms with Crippen LogP contribution < -0.4 is 0 Å². The molecule has 0 amide bonds. The standard InChI is InChI=1S/C17H31NO/c1-3-16(2)10-12-18(13-11-16)14-17(15-19)8-6-4-5-7-9-17/h15H,3-14H2,1-2H3. The lowest BCUT2D eigenvalue weighted by molar-refractivity contribution is -0.118. The van der Waals surface area contributed by atoms with Crippen molar-refractivity contribution in [3.05, 3.63) is 0 Å². The number of carbonyl (C=O) groups excluding carboxylic acids is 1. The molecule has 1 heterocycles. The van der Waals surface area contributed by atoms with E-state index in [1.807, 2.05) is 0 Å². The van der Waals surface area contributed by atoms with Gasteiger partial charge >= 0.3 is 0 Å². The second kappa shape index (κ2) is 6.39. The Morgan fingerprint density at radius 3 is 2.05 bits per heavy atom. The number of hydrogen-bond acceptors (Lipinski definition) is 2. The number of nitrogens with zero attached hydrogens (tertiary/aromatic N) is 1. The summed E-state index contributed by atoms with van der Waals surface area (Å²) in [5.41, 5.74) is 0.532. The van der Waals surface area contributed by atoms with Crippen molar-refractivity contribution in [2.24, 2.45) is 10.8 Å². The Labute approximate surface area is 118 Å². The Morgan fingerprint density at radius 1 is 1.00 bits per heavy atom. The van der Waals surface area contributed by atoms with Crippen molar-refractivity contribution in [3.63, 3.8) is 0 Å². The van der Waals surface area contributed by atoms with Gasteiger partial charge in [0.2, 0.25) is 0 Å². The number of likely N-dealkylation sites (tertiary alicyclic amines) is 1. The van der Waals surface area contributed by atoms with E-state index in [2.05, 4.69) is 18.7 Å². The number of hydrogen-bond donors (Lipinski definition) is 0. The van der Waals surface area contributed by atoms with E-state index in [4.69, 9.17) is 0 Å². The highest BCUT2D eigenvalue weighted by atomic mass is 16.1. The van der Waals surface area contributed by atoms with Gasteiger partial charge in [-0.15, -0.1) is 0 Å². The summed E-state index contributed by atoms with van der Waals surface area (Å²) in [6.45, 7) is 8.15. The van der Waals surface area contributed by atoms with Crippen LogP contribution in [0.3, 0.4) is 0 Å². The Bertz CT molecular complexity index is 284. The van der Waals surface area contributed by atoms with Crippen molar-refractivity contribution in [2.45, 2.75) is 71.6 Å². The van der Waals surface area contributed by atoms with E-state index in [0.29, 0.717) is 5.41 Å². The molecule has 2 fully saturated rings. The maximum Gasteiger partial charge on any atom is 0.127 e. The predicted octanol–water partition coefficient (Wildman–Crippen LogP) is 4.04. The SMILES string of the molecule is CCC1(C)CCN(CC2(C=O)CCCCCC2)CC1. The van der Waals surface area contributed by atoms with Gasteiger partial charge in [0.05, 0.1) is 0 Å². The zero-order valence-corrected chi connectivity index (χ0v) is 12.9. The highest BCUT2D eigenvalue weighted by molar-refractivity contribution is 5.59. The van der Waals surface area contributed by atoms with Gasteiger partial charge in [0.1, 0.15) is 6.29 Å². The normalized spacial score (nSPS) is 27.7. The predicted molar refractivity (Wildman–Crippen MR) is 80.3 cm³/mol. The minimum Gasteiger partial charge on any atom is -0.303 e. The van der Waals surface area contributed by atoms with Gasteiger partial charge in [0.15, 0.2) is 0 Å².